The first-order valence-electron chi connectivity index (χ1n) is 17.1. The molecule has 8 rings (SSSR count). The molecule has 0 saturated carbocycles. The Bertz CT molecular complexity index is 2520. The van der Waals surface area contributed by atoms with Gasteiger partial charge in [-0.1, -0.05) is 12.1 Å². The number of phenols is 2. The lowest BCUT2D eigenvalue weighted by Crippen LogP contribution is -2.29. The van der Waals surface area contributed by atoms with Gasteiger partial charge in [-0.2, -0.15) is 10.2 Å². The van der Waals surface area contributed by atoms with E-state index in [1.165, 1.54) is 24.3 Å². The van der Waals surface area contributed by atoms with Crippen molar-refractivity contribution in [1.82, 2.24) is 19.6 Å². The van der Waals surface area contributed by atoms with Gasteiger partial charge in [-0.3, -0.25) is 0 Å². The van der Waals surface area contributed by atoms with Gasteiger partial charge in [-0.05, 0) is 143 Å². The Morgan fingerprint density at radius 1 is 0.500 bits per heavy atom. The molecule has 0 saturated heterocycles. The van der Waals surface area contributed by atoms with Crippen molar-refractivity contribution < 1.29 is 39.2 Å². The molecule has 0 atom stereocenters. The van der Waals surface area contributed by atoms with Crippen LogP contribution in [-0.4, -0.2) is 75.4 Å². The van der Waals surface area contributed by atoms with Crippen molar-refractivity contribution in [3.05, 3.63) is 138 Å². The fourth-order valence-electron chi connectivity index (χ4n) is 5.70. The Morgan fingerprint density at radius 3 is 1.39 bits per heavy atom. The van der Waals surface area contributed by atoms with E-state index in [0.29, 0.717) is 5.46 Å². The maximum Gasteiger partial charge on any atom is 0.488 e. The van der Waals surface area contributed by atoms with Crippen molar-refractivity contribution in [2.24, 2.45) is 0 Å². The molecule has 12 nitrogen and oxygen atoms in total. The highest BCUT2D eigenvalue weighted by Gasteiger charge is 2.16. The Morgan fingerprint density at radius 2 is 0.911 bits per heavy atom. The van der Waals surface area contributed by atoms with Gasteiger partial charge in [0.25, 0.3) is 0 Å². The van der Waals surface area contributed by atoms with Crippen molar-refractivity contribution >= 4 is 50.3 Å². The standard InChI is InChI=1S/C21H18N2O3.C15H13BrN2O2.C6H7BO3/c1-25-17-9-5-15(6-10-17)23-21(14-3-7-16(24)8-4-14)19-13-18(26-2)11-12-20(19)22-23;1-19-11-5-3-10(4-6-11)18-15(16)13-9-12(20-2)7-8-14(13)17-18;8-6-3-1-5(2-4-6)7(9)10/h3-13,24H,1-2H3;3-9H,1-2H3;1-4,8-10H. The third-order valence-electron chi connectivity index (χ3n) is 8.66. The lowest BCUT2D eigenvalue weighted by atomic mass is 9.80. The molecular formula is C42H38BBrN4O8. The molecule has 0 spiro atoms. The van der Waals surface area contributed by atoms with Gasteiger partial charge in [0.1, 0.15) is 39.1 Å². The van der Waals surface area contributed by atoms with Gasteiger partial charge >= 0.3 is 7.12 Å². The van der Waals surface area contributed by atoms with Crippen LogP contribution in [0.1, 0.15) is 0 Å². The Balaban J connectivity index is 0.000000156. The molecule has 0 fully saturated rings. The zero-order chi connectivity index (χ0) is 39.8. The number of aromatic nitrogens is 4. The number of nitrogens with zero attached hydrogens (tertiary/aromatic N) is 4. The van der Waals surface area contributed by atoms with E-state index in [1.807, 2.05) is 106 Å². The normalized spacial score (nSPS) is 10.6. The fourth-order valence-corrected chi connectivity index (χ4v) is 6.30. The summed E-state index contributed by atoms with van der Waals surface area (Å²) in [6, 6.07) is 39.9. The van der Waals surface area contributed by atoms with Gasteiger partial charge in [0.2, 0.25) is 0 Å². The molecule has 2 heterocycles. The summed E-state index contributed by atoms with van der Waals surface area (Å²) in [6.45, 7) is 0. The second-order valence-electron chi connectivity index (χ2n) is 12.1. The number of phenolic OH excluding ortho intramolecular Hbond substituents is 2. The molecule has 0 aliphatic carbocycles. The molecule has 284 valence electrons. The van der Waals surface area contributed by atoms with Gasteiger partial charge in [-0.25, -0.2) is 9.36 Å². The van der Waals surface area contributed by atoms with Crippen LogP contribution < -0.4 is 24.4 Å². The summed E-state index contributed by atoms with van der Waals surface area (Å²) in [5.41, 5.74) is 5.92. The summed E-state index contributed by atoms with van der Waals surface area (Å²) in [5, 5.41) is 46.9. The average Bonchev–Trinajstić information content (AvgIpc) is 3.78. The van der Waals surface area contributed by atoms with Gasteiger partial charge in [-0.15, -0.1) is 0 Å². The first kappa shape index (κ1) is 39.2. The number of halogens is 1. The molecule has 14 heteroatoms. The smallest absolute Gasteiger partial charge is 0.488 e. The molecule has 0 radical (unpaired) electrons. The Hall–Kier alpha value is -6.48. The van der Waals surface area contributed by atoms with E-state index in [-0.39, 0.29) is 11.5 Å². The van der Waals surface area contributed by atoms with Crippen LogP contribution in [0.15, 0.2) is 138 Å². The van der Waals surface area contributed by atoms with Crippen molar-refractivity contribution in [1.29, 1.82) is 0 Å². The maximum absolute atomic E-state index is 9.64. The predicted molar refractivity (Wildman–Crippen MR) is 221 cm³/mol. The molecule has 56 heavy (non-hydrogen) atoms. The van der Waals surface area contributed by atoms with Crippen LogP contribution in [-0.2, 0) is 0 Å². The van der Waals surface area contributed by atoms with Crippen molar-refractivity contribution in [2.45, 2.75) is 0 Å². The monoisotopic (exact) mass is 816 g/mol. The minimum Gasteiger partial charge on any atom is -0.508 e. The minimum absolute atomic E-state index is 0.115. The second-order valence-corrected chi connectivity index (χ2v) is 12.9. The quantitative estimate of drug-likeness (QED) is 0.115. The van der Waals surface area contributed by atoms with Crippen LogP contribution in [0.3, 0.4) is 0 Å². The van der Waals surface area contributed by atoms with Crippen LogP contribution >= 0.6 is 15.9 Å². The first-order chi connectivity index (χ1) is 27.1. The van der Waals surface area contributed by atoms with Crippen molar-refractivity contribution in [2.75, 3.05) is 28.4 Å². The predicted octanol–water partition coefficient (Wildman–Crippen LogP) is 7.29. The van der Waals surface area contributed by atoms with E-state index in [0.717, 1.165) is 72.0 Å². The van der Waals surface area contributed by atoms with Crippen molar-refractivity contribution in [3.63, 3.8) is 0 Å². The Labute approximate surface area is 331 Å². The largest absolute Gasteiger partial charge is 0.508 e. The van der Waals surface area contributed by atoms with E-state index in [9.17, 15) is 5.11 Å². The lowest BCUT2D eigenvalue weighted by molar-refractivity contribution is 0.414. The number of fused-ring (bicyclic) bond motifs is 2. The minimum atomic E-state index is -1.46. The van der Waals surface area contributed by atoms with Crippen LogP contribution in [0.5, 0.6) is 34.5 Å². The van der Waals surface area contributed by atoms with E-state index in [1.54, 1.807) is 40.6 Å². The van der Waals surface area contributed by atoms with Crippen LogP contribution in [0.25, 0.3) is 44.4 Å². The highest BCUT2D eigenvalue weighted by molar-refractivity contribution is 9.10. The van der Waals surface area contributed by atoms with Gasteiger partial charge in [0, 0.05) is 16.3 Å². The Kier molecular flexibility index (Phi) is 12.4. The number of rotatable bonds is 8. The summed E-state index contributed by atoms with van der Waals surface area (Å²) in [7, 11) is 5.14. The molecule has 0 amide bonds. The molecule has 8 aromatic rings. The van der Waals surface area contributed by atoms with Gasteiger partial charge in [0.15, 0.2) is 0 Å². The molecule has 2 aromatic heterocycles. The molecular weight excluding hydrogens is 779 g/mol. The molecule has 4 N–H and O–H groups in total. The SMILES string of the molecule is COc1ccc(-n2nc3ccc(OC)cc3c2-c2ccc(O)cc2)cc1.COc1ccc(-n2nc3ccc(OC)cc3c2Br)cc1.OB(O)c1ccc(O)cc1. The second kappa shape index (κ2) is 17.8. The first-order valence-corrected chi connectivity index (χ1v) is 17.9. The van der Waals surface area contributed by atoms with Gasteiger partial charge < -0.3 is 39.2 Å². The number of hydrogen-bond acceptors (Lipinski definition) is 10. The van der Waals surface area contributed by atoms with Crippen molar-refractivity contribution in [3.8, 4) is 57.1 Å². The number of benzene rings is 6. The summed E-state index contributed by atoms with van der Waals surface area (Å²) in [4.78, 5) is 0. The summed E-state index contributed by atoms with van der Waals surface area (Å²) >= 11 is 3.60. The number of aromatic hydroxyl groups is 2. The third kappa shape index (κ3) is 8.90. The fraction of sp³-hybridized carbons (Fsp3) is 0.0952. The average molecular weight is 818 g/mol. The summed E-state index contributed by atoms with van der Waals surface area (Å²) < 4.78 is 25.7. The molecule has 0 aliphatic rings. The van der Waals surface area contributed by atoms with Crippen LogP contribution in [0.4, 0.5) is 0 Å². The summed E-state index contributed by atoms with van der Waals surface area (Å²) in [6.07, 6.45) is 0. The molecule has 6 aromatic carbocycles. The van der Waals surface area contributed by atoms with Crippen LogP contribution in [0.2, 0.25) is 0 Å². The molecule has 0 bridgehead atoms. The molecule has 0 unspecified atom stereocenters. The van der Waals surface area contributed by atoms with E-state index in [2.05, 4.69) is 21.0 Å². The van der Waals surface area contributed by atoms with E-state index >= 15 is 0 Å². The lowest BCUT2D eigenvalue weighted by Gasteiger charge is -2.09. The highest BCUT2D eigenvalue weighted by atomic mass is 79.9. The number of ether oxygens (including phenoxy) is 4. The highest BCUT2D eigenvalue weighted by Crippen LogP contribution is 2.35. The topological polar surface area (TPSA) is 153 Å². The maximum atomic E-state index is 9.64. The molecule has 0 aliphatic heterocycles. The van der Waals surface area contributed by atoms with E-state index < -0.39 is 7.12 Å². The van der Waals surface area contributed by atoms with E-state index in [4.69, 9.17) is 39.2 Å². The number of methoxy groups -OCH3 is 4. The number of hydrogen-bond donors (Lipinski definition) is 4. The van der Waals surface area contributed by atoms with Crippen LogP contribution in [0, 0.1) is 0 Å². The zero-order valence-corrected chi connectivity index (χ0v) is 32.5. The van der Waals surface area contributed by atoms with Gasteiger partial charge in [0.05, 0.1) is 56.5 Å². The summed E-state index contributed by atoms with van der Waals surface area (Å²) in [5.74, 6) is 3.54. The zero-order valence-electron chi connectivity index (χ0n) is 30.9. The third-order valence-corrected chi connectivity index (χ3v) is 9.43.